The molecule has 0 saturated carbocycles. The van der Waals surface area contributed by atoms with Crippen molar-refractivity contribution < 1.29 is 4.79 Å². The van der Waals surface area contributed by atoms with E-state index in [4.69, 9.17) is 11.6 Å². The van der Waals surface area contributed by atoms with Crippen molar-refractivity contribution in [3.63, 3.8) is 0 Å². The first-order chi connectivity index (χ1) is 9.63. The summed E-state index contributed by atoms with van der Waals surface area (Å²) in [6, 6.07) is 5.65. The van der Waals surface area contributed by atoms with Gasteiger partial charge in [0.05, 0.1) is 16.8 Å². The smallest absolute Gasteiger partial charge is 0.241 e. The highest BCUT2D eigenvalue weighted by atomic mass is 35.5. The number of aryl methyl sites for hydroxylation is 1. The lowest BCUT2D eigenvalue weighted by Gasteiger charge is -2.26. The standard InChI is InChI=1S/C16H23ClN2O.ClH/c1-3-7-14(19-10-4-5-11-19)16(20)18-15-12(2)8-6-9-13(15)17;/h6,8-9,14H,3-5,7,10-11H2,1-2H3,(H,18,20);1H. The summed E-state index contributed by atoms with van der Waals surface area (Å²) in [6.07, 6.45) is 4.29. The molecule has 1 unspecified atom stereocenters. The van der Waals surface area contributed by atoms with Gasteiger partial charge < -0.3 is 5.32 Å². The third kappa shape index (κ3) is 4.60. The third-order valence-corrected chi connectivity index (χ3v) is 4.23. The Bertz CT molecular complexity index is 453. The van der Waals surface area contributed by atoms with Gasteiger partial charge in [-0.05, 0) is 50.9 Å². The minimum Gasteiger partial charge on any atom is -0.323 e. The SMILES string of the molecule is CCCC(C(=O)Nc1c(C)cccc1Cl)N1CCCC1.Cl. The van der Waals surface area contributed by atoms with Crippen LogP contribution < -0.4 is 5.32 Å². The molecule has 2 rings (SSSR count). The van der Waals surface area contributed by atoms with Crippen LogP contribution in [0, 0.1) is 6.92 Å². The van der Waals surface area contributed by atoms with E-state index in [1.807, 2.05) is 25.1 Å². The van der Waals surface area contributed by atoms with Crippen molar-refractivity contribution >= 4 is 35.6 Å². The van der Waals surface area contributed by atoms with Gasteiger partial charge in [0, 0.05) is 0 Å². The molecule has 0 bridgehead atoms. The number of hydrogen-bond donors (Lipinski definition) is 1. The molecule has 21 heavy (non-hydrogen) atoms. The van der Waals surface area contributed by atoms with E-state index in [1.165, 1.54) is 12.8 Å². The zero-order chi connectivity index (χ0) is 14.5. The van der Waals surface area contributed by atoms with E-state index in [0.717, 1.165) is 37.2 Å². The van der Waals surface area contributed by atoms with Crippen molar-refractivity contribution in [2.75, 3.05) is 18.4 Å². The minimum atomic E-state index is -0.0295. The fourth-order valence-electron chi connectivity index (χ4n) is 2.80. The zero-order valence-electron chi connectivity index (χ0n) is 12.7. The van der Waals surface area contributed by atoms with Crippen molar-refractivity contribution in [3.05, 3.63) is 28.8 Å². The molecule has 1 aliphatic heterocycles. The maximum absolute atomic E-state index is 12.6. The molecule has 1 fully saturated rings. The molecule has 5 heteroatoms. The highest BCUT2D eigenvalue weighted by Gasteiger charge is 2.27. The van der Waals surface area contributed by atoms with Gasteiger partial charge in [0.15, 0.2) is 0 Å². The number of likely N-dealkylation sites (tertiary alicyclic amines) is 1. The molecule has 0 spiro atoms. The van der Waals surface area contributed by atoms with Crippen LogP contribution in [0.4, 0.5) is 5.69 Å². The normalized spacial score (nSPS) is 16.3. The van der Waals surface area contributed by atoms with Gasteiger partial charge in [-0.2, -0.15) is 0 Å². The van der Waals surface area contributed by atoms with Gasteiger partial charge in [-0.3, -0.25) is 9.69 Å². The molecule has 1 aromatic rings. The predicted molar refractivity (Wildman–Crippen MR) is 91.6 cm³/mol. The number of carbonyl (C=O) groups is 1. The number of nitrogens with zero attached hydrogens (tertiary/aromatic N) is 1. The van der Waals surface area contributed by atoms with E-state index < -0.39 is 0 Å². The second-order valence-corrected chi connectivity index (χ2v) is 5.88. The van der Waals surface area contributed by atoms with Gasteiger partial charge in [0.2, 0.25) is 5.91 Å². The number of amides is 1. The van der Waals surface area contributed by atoms with E-state index in [-0.39, 0.29) is 24.4 Å². The monoisotopic (exact) mass is 330 g/mol. The summed E-state index contributed by atoms with van der Waals surface area (Å²) in [5, 5.41) is 3.63. The van der Waals surface area contributed by atoms with E-state index in [9.17, 15) is 4.79 Å². The fourth-order valence-corrected chi connectivity index (χ4v) is 3.07. The Morgan fingerprint density at radius 3 is 2.62 bits per heavy atom. The van der Waals surface area contributed by atoms with Crippen LogP contribution in [0.2, 0.25) is 5.02 Å². The Labute approximate surface area is 138 Å². The molecule has 3 nitrogen and oxygen atoms in total. The molecule has 1 N–H and O–H groups in total. The molecule has 1 saturated heterocycles. The van der Waals surface area contributed by atoms with Crippen molar-refractivity contribution in [2.24, 2.45) is 0 Å². The molecule has 0 aliphatic carbocycles. The number of para-hydroxylation sites is 1. The molecule has 1 aliphatic rings. The van der Waals surface area contributed by atoms with Crippen LogP contribution in [0.15, 0.2) is 18.2 Å². The number of anilines is 1. The largest absolute Gasteiger partial charge is 0.323 e. The van der Waals surface area contributed by atoms with Crippen molar-refractivity contribution in [1.82, 2.24) is 4.90 Å². The molecule has 118 valence electrons. The Morgan fingerprint density at radius 1 is 1.38 bits per heavy atom. The number of rotatable bonds is 5. The van der Waals surface area contributed by atoms with Crippen LogP contribution >= 0.6 is 24.0 Å². The summed E-state index contributed by atoms with van der Waals surface area (Å²) in [5.41, 5.74) is 1.75. The number of nitrogens with one attached hydrogen (secondary N) is 1. The lowest BCUT2D eigenvalue weighted by molar-refractivity contribution is -0.121. The molecular formula is C16H24Cl2N2O. The molecule has 1 amide bonds. The molecule has 1 atom stereocenters. The first-order valence-electron chi connectivity index (χ1n) is 7.43. The van der Waals surface area contributed by atoms with Gasteiger partial charge in [-0.1, -0.05) is 37.1 Å². The average molecular weight is 331 g/mol. The van der Waals surface area contributed by atoms with Crippen LogP contribution in [0.3, 0.4) is 0 Å². The summed E-state index contributed by atoms with van der Waals surface area (Å²) in [4.78, 5) is 14.9. The average Bonchev–Trinajstić information content (AvgIpc) is 2.94. The Kier molecular flexibility index (Phi) is 7.50. The quantitative estimate of drug-likeness (QED) is 0.874. The van der Waals surface area contributed by atoms with Gasteiger partial charge in [0.25, 0.3) is 0 Å². The summed E-state index contributed by atoms with van der Waals surface area (Å²) >= 11 is 6.19. The Morgan fingerprint density at radius 2 is 2.05 bits per heavy atom. The summed E-state index contributed by atoms with van der Waals surface area (Å²) in [7, 11) is 0. The second kappa shape index (κ2) is 8.62. The van der Waals surface area contributed by atoms with E-state index >= 15 is 0 Å². The Hall–Kier alpha value is -0.770. The molecule has 0 aromatic heterocycles. The van der Waals surface area contributed by atoms with Crippen LogP contribution in [-0.2, 0) is 4.79 Å². The van der Waals surface area contributed by atoms with Gasteiger partial charge in [-0.15, -0.1) is 12.4 Å². The number of halogens is 2. The van der Waals surface area contributed by atoms with Crippen LogP contribution in [0.5, 0.6) is 0 Å². The van der Waals surface area contributed by atoms with Gasteiger partial charge in [0.1, 0.15) is 0 Å². The first kappa shape index (κ1) is 18.3. The number of carbonyl (C=O) groups excluding carboxylic acids is 1. The Balaban J connectivity index is 0.00000220. The van der Waals surface area contributed by atoms with E-state index in [0.29, 0.717) is 5.02 Å². The zero-order valence-corrected chi connectivity index (χ0v) is 14.3. The van der Waals surface area contributed by atoms with Crippen LogP contribution in [0.25, 0.3) is 0 Å². The predicted octanol–water partition coefficient (Wildman–Crippen LogP) is 4.27. The van der Waals surface area contributed by atoms with E-state index in [1.54, 1.807) is 0 Å². The van der Waals surface area contributed by atoms with Gasteiger partial charge >= 0.3 is 0 Å². The van der Waals surface area contributed by atoms with E-state index in [2.05, 4.69) is 17.1 Å². The molecular weight excluding hydrogens is 307 g/mol. The lowest BCUT2D eigenvalue weighted by Crippen LogP contribution is -2.42. The van der Waals surface area contributed by atoms with Crippen LogP contribution in [-0.4, -0.2) is 29.9 Å². The number of benzene rings is 1. The molecule has 1 aromatic carbocycles. The van der Waals surface area contributed by atoms with Crippen molar-refractivity contribution in [2.45, 2.75) is 45.6 Å². The fraction of sp³-hybridized carbons (Fsp3) is 0.562. The third-order valence-electron chi connectivity index (χ3n) is 3.92. The maximum atomic E-state index is 12.6. The number of hydrogen-bond acceptors (Lipinski definition) is 2. The first-order valence-corrected chi connectivity index (χ1v) is 7.81. The van der Waals surface area contributed by atoms with Gasteiger partial charge in [-0.25, -0.2) is 0 Å². The summed E-state index contributed by atoms with van der Waals surface area (Å²) < 4.78 is 0. The second-order valence-electron chi connectivity index (χ2n) is 5.47. The highest BCUT2D eigenvalue weighted by molar-refractivity contribution is 6.34. The van der Waals surface area contributed by atoms with Crippen LogP contribution in [0.1, 0.15) is 38.2 Å². The minimum absolute atomic E-state index is 0. The summed E-state index contributed by atoms with van der Waals surface area (Å²) in [6.45, 7) is 6.14. The lowest BCUT2D eigenvalue weighted by atomic mass is 10.1. The molecule has 1 heterocycles. The molecule has 0 radical (unpaired) electrons. The van der Waals surface area contributed by atoms with Crippen molar-refractivity contribution in [1.29, 1.82) is 0 Å². The topological polar surface area (TPSA) is 32.3 Å². The van der Waals surface area contributed by atoms with Crippen molar-refractivity contribution in [3.8, 4) is 0 Å². The summed E-state index contributed by atoms with van der Waals surface area (Å²) in [5.74, 6) is 0.0740. The highest BCUT2D eigenvalue weighted by Crippen LogP contribution is 2.26. The maximum Gasteiger partial charge on any atom is 0.241 e.